The first-order valence-electron chi connectivity index (χ1n) is 6.63. The molecule has 1 saturated heterocycles. The number of nitrogens with zero attached hydrogens (tertiary/aromatic N) is 1. The van der Waals surface area contributed by atoms with Gasteiger partial charge in [-0.1, -0.05) is 0 Å². The molecule has 1 atom stereocenters. The molecule has 1 aromatic carbocycles. The number of fused-ring (bicyclic) bond motifs is 1. The fraction of sp³-hybridized carbons (Fsp3) is 0.571. The molecule has 2 aliphatic heterocycles. The molecule has 0 aromatic heterocycles. The van der Waals surface area contributed by atoms with Crippen molar-refractivity contribution < 1.29 is 19.3 Å². The van der Waals surface area contributed by atoms with Gasteiger partial charge in [0.25, 0.3) is 0 Å². The van der Waals surface area contributed by atoms with E-state index in [1.165, 1.54) is 0 Å². The second kappa shape index (κ2) is 5.27. The highest BCUT2D eigenvalue weighted by Crippen LogP contribution is 2.42. The summed E-state index contributed by atoms with van der Waals surface area (Å²) in [5.41, 5.74) is 1.13. The Morgan fingerprint density at radius 1 is 1.42 bits per heavy atom. The summed E-state index contributed by atoms with van der Waals surface area (Å²) in [5.74, 6) is 2.14. The van der Waals surface area contributed by atoms with Crippen molar-refractivity contribution in [2.75, 3.05) is 27.1 Å². The monoisotopic (exact) mass is 265 g/mol. The molecule has 1 aromatic rings. The van der Waals surface area contributed by atoms with Gasteiger partial charge in [-0.15, -0.1) is 0 Å². The summed E-state index contributed by atoms with van der Waals surface area (Å²) < 4.78 is 16.2. The van der Waals surface area contributed by atoms with E-state index < -0.39 is 0 Å². The number of ether oxygens (including phenoxy) is 3. The molecule has 5 nitrogen and oxygen atoms in total. The highest BCUT2D eigenvalue weighted by atomic mass is 16.7. The average molecular weight is 265 g/mol. The van der Waals surface area contributed by atoms with Crippen molar-refractivity contribution in [3.05, 3.63) is 17.7 Å². The molecule has 0 bridgehead atoms. The smallest absolute Gasteiger partial charge is 0.231 e. The number of benzene rings is 1. The third-order valence-electron chi connectivity index (χ3n) is 3.81. The molecule has 0 radical (unpaired) electrons. The molecule has 0 amide bonds. The second-order valence-electron chi connectivity index (χ2n) is 4.98. The number of hydrogen-bond donors (Lipinski definition) is 1. The van der Waals surface area contributed by atoms with E-state index in [0.29, 0.717) is 11.5 Å². The molecular weight excluding hydrogens is 246 g/mol. The lowest BCUT2D eigenvalue weighted by molar-refractivity contribution is 0.153. The second-order valence-corrected chi connectivity index (χ2v) is 4.98. The standard InChI is InChI=1S/C14H19NO4/c1-17-12-5-10(6-13-14(12)19-9-18-13)7-15-4-2-3-11(15)8-16/h5-6,11,16H,2-4,7-9H2,1H3/t11-/m0/s1. The Morgan fingerprint density at radius 2 is 2.32 bits per heavy atom. The van der Waals surface area contributed by atoms with Crippen molar-refractivity contribution in [2.45, 2.75) is 25.4 Å². The van der Waals surface area contributed by atoms with Gasteiger partial charge in [0.1, 0.15) is 0 Å². The Labute approximate surface area is 112 Å². The van der Waals surface area contributed by atoms with E-state index in [4.69, 9.17) is 14.2 Å². The van der Waals surface area contributed by atoms with E-state index in [-0.39, 0.29) is 19.4 Å². The molecule has 1 fully saturated rings. The number of hydrogen-bond acceptors (Lipinski definition) is 5. The summed E-state index contributed by atoms with van der Waals surface area (Å²) in [5, 5.41) is 9.36. The van der Waals surface area contributed by atoms with E-state index in [9.17, 15) is 5.11 Å². The summed E-state index contributed by atoms with van der Waals surface area (Å²) in [6.45, 7) is 2.31. The third kappa shape index (κ3) is 2.35. The van der Waals surface area contributed by atoms with Crippen LogP contribution in [0.5, 0.6) is 17.2 Å². The molecule has 0 aliphatic carbocycles. The topological polar surface area (TPSA) is 51.2 Å². The molecule has 3 rings (SSSR count). The van der Waals surface area contributed by atoms with Gasteiger partial charge in [-0.05, 0) is 37.1 Å². The van der Waals surface area contributed by atoms with Crippen LogP contribution >= 0.6 is 0 Å². The van der Waals surface area contributed by atoms with Gasteiger partial charge in [0.05, 0.1) is 13.7 Å². The van der Waals surface area contributed by atoms with Gasteiger partial charge >= 0.3 is 0 Å². The van der Waals surface area contributed by atoms with Crippen LogP contribution < -0.4 is 14.2 Å². The van der Waals surface area contributed by atoms with Crippen molar-refractivity contribution in [2.24, 2.45) is 0 Å². The number of aliphatic hydroxyl groups is 1. The number of rotatable bonds is 4. The van der Waals surface area contributed by atoms with Gasteiger partial charge in [0.2, 0.25) is 12.5 Å². The molecule has 0 saturated carbocycles. The summed E-state index contributed by atoms with van der Waals surface area (Å²) in [4.78, 5) is 2.30. The number of methoxy groups -OCH3 is 1. The van der Waals surface area contributed by atoms with Gasteiger partial charge in [-0.25, -0.2) is 0 Å². The Balaban J connectivity index is 1.81. The summed E-state index contributed by atoms with van der Waals surface area (Å²) in [7, 11) is 1.63. The minimum atomic E-state index is 0.224. The van der Waals surface area contributed by atoms with Gasteiger partial charge in [0, 0.05) is 12.6 Å². The maximum atomic E-state index is 9.36. The molecule has 5 heteroatoms. The first-order valence-corrected chi connectivity index (χ1v) is 6.63. The maximum Gasteiger partial charge on any atom is 0.231 e. The highest BCUT2D eigenvalue weighted by Gasteiger charge is 2.25. The Bertz CT molecular complexity index is 463. The SMILES string of the molecule is COc1cc(CN2CCC[C@H]2CO)cc2c1OCO2. The van der Waals surface area contributed by atoms with Gasteiger partial charge in [-0.2, -0.15) is 0 Å². The van der Waals surface area contributed by atoms with Crippen molar-refractivity contribution in [1.29, 1.82) is 0 Å². The molecule has 0 unspecified atom stereocenters. The van der Waals surface area contributed by atoms with E-state index in [1.807, 2.05) is 12.1 Å². The summed E-state index contributed by atoms with van der Waals surface area (Å²) in [6.07, 6.45) is 2.21. The zero-order valence-corrected chi connectivity index (χ0v) is 11.1. The summed E-state index contributed by atoms with van der Waals surface area (Å²) in [6, 6.07) is 4.26. The quantitative estimate of drug-likeness (QED) is 0.891. The predicted molar refractivity (Wildman–Crippen MR) is 69.6 cm³/mol. The highest BCUT2D eigenvalue weighted by molar-refractivity contribution is 5.55. The van der Waals surface area contributed by atoms with Crippen molar-refractivity contribution in [3.63, 3.8) is 0 Å². The minimum Gasteiger partial charge on any atom is -0.493 e. The zero-order valence-electron chi connectivity index (χ0n) is 11.1. The molecule has 0 spiro atoms. The van der Waals surface area contributed by atoms with Crippen LogP contribution in [0.2, 0.25) is 0 Å². The number of likely N-dealkylation sites (tertiary alicyclic amines) is 1. The molecule has 1 N–H and O–H groups in total. The Hall–Kier alpha value is -1.46. The first kappa shape index (κ1) is 12.6. The molecule has 104 valence electrons. The van der Waals surface area contributed by atoms with Crippen LogP contribution in [0.1, 0.15) is 18.4 Å². The lowest BCUT2D eigenvalue weighted by Gasteiger charge is -2.23. The largest absolute Gasteiger partial charge is 0.493 e. The Kier molecular flexibility index (Phi) is 3.48. The maximum absolute atomic E-state index is 9.36. The lowest BCUT2D eigenvalue weighted by atomic mass is 10.1. The van der Waals surface area contributed by atoms with E-state index >= 15 is 0 Å². The normalized spacial score (nSPS) is 21.9. The van der Waals surface area contributed by atoms with Crippen LogP contribution in [-0.2, 0) is 6.54 Å². The first-order chi connectivity index (χ1) is 9.31. The molecule has 2 aliphatic rings. The minimum absolute atomic E-state index is 0.224. The van der Waals surface area contributed by atoms with Crippen LogP contribution in [0.15, 0.2) is 12.1 Å². The van der Waals surface area contributed by atoms with E-state index in [1.54, 1.807) is 7.11 Å². The van der Waals surface area contributed by atoms with Crippen molar-refractivity contribution in [1.82, 2.24) is 4.90 Å². The van der Waals surface area contributed by atoms with Crippen LogP contribution in [0.3, 0.4) is 0 Å². The van der Waals surface area contributed by atoms with Crippen LogP contribution in [0.4, 0.5) is 0 Å². The van der Waals surface area contributed by atoms with Crippen LogP contribution in [-0.4, -0.2) is 43.1 Å². The number of aliphatic hydroxyl groups excluding tert-OH is 1. The zero-order chi connectivity index (χ0) is 13.2. The molecule has 19 heavy (non-hydrogen) atoms. The van der Waals surface area contributed by atoms with Crippen LogP contribution in [0.25, 0.3) is 0 Å². The predicted octanol–water partition coefficient (Wildman–Crippen LogP) is 1.38. The molecule has 2 heterocycles. The van der Waals surface area contributed by atoms with Gasteiger partial charge < -0.3 is 19.3 Å². The van der Waals surface area contributed by atoms with Gasteiger partial charge in [-0.3, -0.25) is 4.90 Å². The van der Waals surface area contributed by atoms with Crippen LogP contribution in [0, 0.1) is 0 Å². The van der Waals surface area contributed by atoms with Crippen molar-refractivity contribution >= 4 is 0 Å². The fourth-order valence-corrected chi connectivity index (χ4v) is 2.82. The summed E-state index contributed by atoms with van der Waals surface area (Å²) >= 11 is 0. The van der Waals surface area contributed by atoms with E-state index in [0.717, 1.165) is 37.2 Å². The fourth-order valence-electron chi connectivity index (χ4n) is 2.82. The average Bonchev–Trinajstić information content (AvgIpc) is 3.06. The van der Waals surface area contributed by atoms with Gasteiger partial charge in [0.15, 0.2) is 11.5 Å². The van der Waals surface area contributed by atoms with Crippen molar-refractivity contribution in [3.8, 4) is 17.2 Å². The lowest BCUT2D eigenvalue weighted by Crippen LogP contribution is -2.31. The third-order valence-corrected chi connectivity index (χ3v) is 3.81. The van der Waals surface area contributed by atoms with E-state index in [2.05, 4.69) is 4.90 Å². The Morgan fingerprint density at radius 3 is 3.11 bits per heavy atom. The molecular formula is C14H19NO4.